The summed E-state index contributed by atoms with van der Waals surface area (Å²) in [4.78, 5) is 19.1. The molecule has 0 aliphatic carbocycles. The largest absolute Gasteiger partial charge is 0.497 e. The van der Waals surface area contributed by atoms with E-state index in [-0.39, 0.29) is 10.8 Å². The predicted octanol–water partition coefficient (Wildman–Crippen LogP) is 2.57. The second-order valence-electron chi connectivity index (χ2n) is 7.39. The van der Waals surface area contributed by atoms with Crippen molar-refractivity contribution in [1.82, 2.24) is 14.9 Å². The van der Waals surface area contributed by atoms with Crippen LogP contribution in [0.25, 0.3) is 11.4 Å². The van der Waals surface area contributed by atoms with E-state index in [1.807, 2.05) is 24.3 Å². The molecule has 1 aliphatic rings. The fourth-order valence-corrected chi connectivity index (χ4v) is 4.44. The topological polar surface area (TPSA) is 115 Å². The minimum atomic E-state index is -3.51. The van der Waals surface area contributed by atoms with Crippen molar-refractivity contribution in [3.63, 3.8) is 0 Å². The normalized spacial score (nSPS) is 13.2. The summed E-state index contributed by atoms with van der Waals surface area (Å²) in [7, 11) is -0.524. The molecule has 2 heterocycles. The molecule has 0 fully saturated rings. The van der Waals surface area contributed by atoms with Crippen molar-refractivity contribution in [2.75, 3.05) is 25.6 Å². The van der Waals surface area contributed by atoms with E-state index in [9.17, 15) is 13.2 Å². The molecule has 1 aromatic heterocycles. The van der Waals surface area contributed by atoms with Crippen LogP contribution in [0, 0.1) is 0 Å². The summed E-state index contributed by atoms with van der Waals surface area (Å²) in [5, 5.41) is 4.01. The Bertz CT molecular complexity index is 1220. The van der Waals surface area contributed by atoms with E-state index in [0.29, 0.717) is 43.9 Å². The van der Waals surface area contributed by atoms with E-state index < -0.39 is 10.0 Å². The number of aromatic nitrogens is 2. The predicted molar refractivity (Wildman–Crippen MR) is 118 cm³/mol. The van der Waals surface area contributed by atoms with Crippen LogP contribution in [0.15, 0.2) is 51.9 Å². The molecule has 3 aromatic rings. The zero-order valence-corrected chi connectivity index (χ0v) is 18.7. The van der Waals surface area contributed by atoms with Crippen molar-refractivity contribution in [3.05, 3.63) is 53.9 Å². The molecule has 0 saturated carbocycles. The maximum atomic E-state index is 12.7. The Hall–Kier alpha value is -3.24. The maximum absolute atomic E-state index is 12.7. The number of aryl methyl sites for hydroxylation is 1. The molecule has 0 bridgehead atoms. The summed E-state index contributed by atoms with van der Waals surface area (Å²) < 4.78 is 36.8. The lowest BCUT2D eigenvalue weighted by atomic mass is 10.1. The van der Waals surface area contributed by atoms with Gasteiger partial charge in [0.05, 0.1) is 12.0 Å². The van der Waals surface area contributed by atoms with Crippen molar-refractivity contribution in [1.29, 1.82) is 0 Å². The highest BCUT2D eigenvalue weighted by molar-refractivity contribution is 7.89. The number of ether oxygens (including phenoxy) is 1. The monoisotopic (exact) mass is 456 g/mol. The summed E-state index contributed by atoms with van der Waals surface area (Å²) >= 11 is 0. The van der Waals surface area contributed by atoms with E-state index >= 15 is 0 Å². The van der Waals surface area contributed by atoms with Crippen LogP contribution < -0.4 is 14.4 Å². The first-order chi connectivity index (χ1) is 15.4. The SMILES string of the molecule is CNS(=O)(=O)c1ccc2c(c1)CCN2C(=O)CCCc1nc(-c2ccc(OC)cc2)no1. The number of rotatable bonds is 8. The number of nitrogens with one attached hydrogen (secondary N) is 1. The molecule has 9 nitrogen and oxygen atoms in total. The number of anilines is 1. The van der Waals surface area contributed by atoms with Gasteiger partial charge in [0.1, 0.15) is 5.75 Å². The molecule has 0 spiro atoms. The van der Waals surface area contributed by atoms with Crippen molar-refractivity contribution >= 4 is 21.6 Å². The lowest BCUT2D eigenvalue weighted by molar-refractivity contribution is -0.118. The number of methoxy groups -OCH3 is 1. The van der Waals surface area contributed by atoms with Crippen molar-refractivity contribution in [2.45, 2.75) is 30.6 Å². The highest BCUT2D eigenvalue weighted by Crippen LogP contribution is 2.31. The molecule has 1 amide bonds. The Morgan fingerprint density at radius 2 is 2.00 bits per heavy atom. The van der Waals surface area contributed by atoms with Crippen LogP contribution in [0.1, 0.15) is 24.3 Å². The number of fused-ring (bicyclic) bond motifs is 1. The number of hydrogen-bond donors (Lipinski definition) is 1. The summed E-state index contributed by atoms with van der Waals surface area (Å²) in [5.41, 5.74) is 2.45. The summed E-state index contributed by atoms with van der Waals surface area (Å²) in [6.07, 6.45) is 2.02. The fraction of sp³-hybridized carbons (Fsp3) is 0.318. The number of amides is 1. The quantitative estimate of drug-likeness (QED) is 0.554. The van der Waals surface area contributed by atoms with Crippen LogP contribution >= 0.6 is 0 Å². The number of carbonyl (C=O) groups is 1. The first-order valence-electron chi connectivity index (χ1n) is 10.2. The van der Waals surface area contributed by atoms with Crippen LogP contribution in [-0.4, -0.2) is 45.2 Å². The van der Waals surface area contributed by atoms with Gasteiger partial charge in [0.25, 0.3) is 0 Å². The zero-order valence-electron chi connectivity index (χ0n) is 17.9. The highest BCUT2D eigenvalue weighted by atomic mass is 32.2. The molecule has 0 atom stereocenters. The van der Waals surface area contributed by atoms with Gasteiger partial charge in [-0.05, 0) is 67.9 Å². The lowest BCUT2D eigenvalue weighted by Gasteiger charge is -2.17. The van der Waals surface area contributed by atoms with Gasteiger partial charge < -0.3 is 14.2 Å². The molecule has 0 saturated heterocycles. The van der Waals surface area contributed by atoms with Gasteiger partial charge in [-0.15, -0.1) is 0 Å². The van der Waals surface area contributed by atoms with Crippen molar-refractivity contribution in [2.24, 2.45) is 0 Å². The molecular weight excluding hydrogens is 432 g/mol. The lowest BCUT2D eigenvalue weighted by Crippen LogP contribution is -2.28. The second kappa shape index (κ2) is 9.09. The van der Waals surface area contributed by atoms with Gasteiger partial charge in [0, 0.05) is 30.6 Å². The smallest absolute Gasteiger partial charge is 0.240 e. The molecule has 0 unspecified atom stereocenters. The Labute approximate surface area is 186 Å². The van der Waals surface area contributed by atoms with Gasteiger partial charge in [-0.25, -0.2) is 13.1 Å². The molecule has 32 heavy (non-hydrogen) atoms. The first kappa shape index (κ1) is 22.0. The Balaban J connectivity index is 1.34. The first-order valence-corrected chi connectivity index (χ1v) is 11.7. The van der Waals surface area contributed by atoms with Gasteiger partial charge >= 0.3 is 0 Å². The van der Waals surface area contributed by atoms with Crippen LogP contribution in [-0.2, 0) is 27.7 Å². The van der Waals surface area contributed by atoms with Gasteiger partial charge in [0.2, 0.25) is 27.6 Å². The van der Waals surface area contributed by atoms with Gasteiger partial charge in [0.15, 0.2) is 0 Å². The van der Waals surface area contributed by atoms with Crippen LogP contribution in [0.4, 0.5) is 5.69 Å². The van der Waals surface area contributed by atoms with Crippen molar-refractivity contribution in [3.8, 4) is 17.1 Å². The summed E-state index contributed by atoms with van der Waals surface area (Å²) in [5.74, 6) is 1.71. The third kappa shape index (κ3) is 4.51. The molecular formula is C22H24N4O5S. The minimum Gasteiger partial charge on any atom is -0.497 e. The fourth-order valence-electron chi connectivity index (χ4n) is 3.66. The molecule has 1 N–H and O–H groups in total. The van der Waals surface area contributed by atoms with E-state index in [1.54, 1.807) is 24.1 Å². The number of sulfonamides is 1. The number of carbonyl (C=O) groups excluding carboxylic acids is 1. The second-order valence-corrected chi connectivity index (χ2v) is 9.27. The molecule has 1 aliphatic heterocycles. The Morgan fingerprint density at radius 3 is 2.72 bits per heavy atom. The Morgan fingerprint density at radius 1 is 1.22 bits per heavy atom. The average Bonchev–Trinajstić information content (AvgIpc) is 3.46. The minimum absolute atomic E-state index is 0.0112. The van der Waals surface area contributed by atoms with Gasteiger partial charge in [-0.2, -0.15) is 4.98 Å². The van der Waals surface area contributed by atoms with E-state index in [2.05, 4.69) is 14.9 Å². The standard InChI is InChI=1S/C22H24N4O5S/c1-23-32(28,29)18-10-11-19-16(14-18)12-13-26(19)21(27)5-3-4-20-24-22(25-31-20)15-6-8-17(30-2)9-7-15/h6-11,14,23H,3-5,12-13H2,1-2H3. The van der Waals surface area contributed by atoms with E-state index in [1.165, 1.54) is 13.1 Å². The third-order valence-corrected chi connectivity index (χ3v) is 6.84. The van der Waals surface area contributed by atoms with Crippen LogP contribution in [0.3, 0.4) is 0 Å². The van der Waals surface area contributed by atoms with E-state index in [4.69, 9.17) is 9.26 Å². The molecule has 0 radical (unpaired) electrons. The Kier molecular flexibility index (Phi) is 6.24. The number of hydrogen-bond acceptors (Lipinski definition) is 7. The summed E-state index contributed by atoms with van der Waals surface area (Å²) in [6, 6.07) is 12.2. The van der Waals surface area contributed by atoms with Crippen molar-refractivity contribution < 1.29 is 22.5 Å². The van der Waals surface area contributed by atoms with Gasteiger partial charge in [-0.1, -0.05) is 5.16 Å². The summed E-state index contributed by atoms with van der Waals surface area (Å²) in [6.45, 7) is 0.541. The van der Waals surface area contributed by atoms with Crippen LogP contribution in [0.2, 0.25) is 0 Å². The van der Waals surface area contributed by atoms with E-state index in [0.717, 1.165) is 22.6 Å². The van der Waals surface area contributed by atoms with Gasteiger partial charge in [-0.3, -0.25) is 4.79 Å². The zero-order chi connectivity index (χ0) is 22.7. The number of benzene rings is 2. The third-order valence-electron chi connectivity index (χ3n) is 5.42. The maximum Gasteiger partial charge on any atom is 0.240 e. The number of nitrogens with zero attached hydrogens (tertiary/aromatic N) is 3. The molecule has 4 rings (SSSR count). The van der Waals surface area contributed by atoms with Crippen LogP contribution in [0.5, 0.6) is 5.75 Å². The average molecular weight is 457 g/mol. The molecule has 2 aromatic carbocycles. The highest BCUT2D eigenvalue weighted by Gasteiger charge is 2.26. The molecule has 10 heteroatoms. The molecule has 168 valence electrons.